The Hall–Kier alpha value is -1.20. The largest absolute Gasteiger partial charge is 0.426 e. The van der Waals surface area contributed by atoms with Gasteiger partial charge in [-0.2, -0.15) is 0 Å². The first kappa shape index (κ1) is 10.9. The van der Waals surface area contributed by atoms with Crippen molar-refractivity contribution in [1.82, 2.24) is 0 Å². The molecule has 1 amide bonds. The highest BCUT2D eigenvalue weighted by atomic mass is 32.2. The van der Waals surface area contributed by atoms with E-state index in [0.717, 1.165) is 0 Å². The standard InChI is InChI=1S/C9H11NO3S/c1-14-13-7-4-2-6(3-5-7)8(11)9(10)12/h2-5,8,11H,1H3,(H2,10,12). The fraction of sp³-hybridized carbons (Fsp3) is 0.222. The first-order chi connectivity index (χ1) is 6.65. The van der Waals surface area contributed by atoms with Gasteiger partial charge in [0, 0.05) is 6.26 Å². The molecule has 0 aliphatic heterocycles. The van der Waals surface area contributed by atoms with Gasteiger partial charge in [0.05, 0.1) is 12.0 Å². The van der Waals surface area contributed by atoms with Gasteiger partial charge in [0.25, 0.3) is 5.91 Å². The number of aliphatic hydroxyl groups is 1. The second-order valence-electron chi connectivity index (χ2n) is 2.62. The lowest BCUT2D eigenvalue weighted by Crippen LogP contribution is -2.20. The number of carbonyl (C=O) groups excluding carboxylic acids is 1. The van der Waals surface area contributed by atoms with Gasteiger partial charge in [0.2, 0.25) is 0 Å². The Morgan fingerprint density at radius 2 is 2.07 bits per heavy atom. The summed E-state index contributed by atoms with van der Waals surface area (Å²) in [6.45, 7) is 0. The Bertz CT molecular complexity index is 312. The molecule has 1 rings (SSSR count). The number of primary amides is 1. The predicted molar refractivity (Wildman–Crippen MR) is 54.7 cm³/mol. The van der Waals surface area contributed by atoms with Crippen LogP contribution in [0.1, 0.15) is 11.7 Å². The first-order valence-electron chi connectivity index (χ1n) is 3.93. The quantitative estimate of drug-likeness (QED) is 0.728. The molecule has 4 nitrogen and oxygen atoms in total. The average molecular weight is 213 g/mol. The molecule has 0 bridgehead atoms. The van der Waals surface area contributed by atoms with Crippen molar-refractivity contribution in [2.24, 2.45) is 5.73 Å². The zero-order valence-electron chi connectivity index (χ0n) is 7.64. The Morgan fingerprint density at radius 3 is 2.50 bits per heavy atom. The monoisotopic (exact) mass is 213 g/mol. The van der Waals surface area contributed by atoms with Crippen LogP contribution < -0.4 is 9.92 Å². The molecule has 0 aliphatic rings. The summed E-state index contributed by atoms with van der Waals surface area (Å²) in [6.07, 6.45) is 0.546. The Labute approximate surface area is 86.3 Å². The topological polar surface area (TPSA) is 72.6 Å². The van der Waals surface area contributed by atoms with Gasteiger partial charge in [-0.15, -0.1) is 0 Å². The van der Waals surface area contributed by atoms with Crippen molar-refractivity contribution in [1.29, 1.82) is 0 Å². The van der Waals surface area contributed by atoms with Gasteiger partial charge in [-0.05, 0) is 17.7 Å². The maximum absolute atomic E-state index is 10.6. The minimum atomic E-state index is -1.25. The first-order valence-corrected chi connectivity index (χ1v) is 5.08. The summed E-state index contributed by atoms with van der Waals surface area (Å²) in [4.78, 5) is 10.6. The molecule has 0 fully saturated rings. The van der Waals surface area contributed by atoms with Gasteiger partial charge in [0.15, 0.2) is 6.10 Å². The number of hydrogen-bond acceptors (Lipinski definition) is 4. The lowest BCUT2D eigenvalue weighted by atomic mass is 10.1. The number of benzene rings is 1. The minimum absolute atomic E-state index is 0.464. The maximum atomic E-state index is 10.6. The second-order valence-corrected chi connectivity index (χ2v) is 3.12. The molecule has 1 unspecified atom stereocenters. The van der Waals surface area contributed by atoms with Gasteiger partial charge >= 0.3 is 0 Å². The predicted octanol–water partition coefficient (Wildman–Crippen LogP) is 0.862. The second kappa shape index (κ2) is 4.88. The summed E-state index contributed by atoms with van der Waals surface area (Å²) in [5.41, 5.74) is 5.40. The summed E-state index contributed by atoms with van der Waals surface area (Å²) < 4.78 is 5.12. The molecule has 0 aliphatic carbocycles. The van der Waals surface area contributed by atoms with E-state index in [-0.39, 0.29) is 0 Å². The number of rotatable bonds is 4. The van der Waals surface area contributed by atoms with Crippen molar-refractivity contribution in [3.05, 3.63) is 29.8 Å². The molecule has 3 N–H and O–H groups in total. The lowest BCUT2D eigenvalue weighted by molar-refractivity contribution is -0.126. The number of amides is 1. The normalized spacial score (nSPS) is 12.1. The van der Waals surface area contributed by atoms with Crippen molar-refractivity contribution in [3.63, 3.8) is 0 Å². The molecule has 1 aromatic rings. The number of hydrogen-bond donors (Lipinski definition) is 2. The summed E-state index contributed by atoms with van der Waals surface area (Å²) in [5.74, 6) is -0.0959. The smallest absolute Gasteiger partial charge is 0.250 e. The molecule has 0 spiro atoms. The van der Waals surface area contributed by atoms with E-state index in [1.807, 2.05) is 0 Å². The summed E-state index contributed by atoms with van der Waals surface area (Å²) in [6, 6.07) is 6.53. The van der Waals surface area contributed by atoms with Crippen LogP contribution in [0.15, 0.2) is 24.3 Å². The zero-order valence-corrected chi connectivity index (χ0v) is 8.45. The van der Waals surface area contributed by atoms with Gasteiger partial charge in [-0.1, -0.05) is 12.1 Å². The summed E-state index contributed by atoms with van der Waals surface area (Å²) in [5, 5.41) is 9.30. The highest BCUT2D eigenvalue weighted by molar-refractivity contribution is 7.94. The summed E-state index contributed by atoms with van der Waals surface area (Å²) >= 11 is 1.22. The van der Waals surface area contributed by atoms with Crippen molar-refractivity contribution < 1.29 is 14.1 Å². The van der Waals surface area contributed by atoms with Gasteiger partial charge in [-0.25, -0.2) is 0 Å². The van der Waals surface area contributed by atoms with Crippen LogP contribution in [0.4, 0.5) is 0 Å². The van der Waals surface area contributed by atoms with Gasteiger partial charge in [0.1, 0.15) is 5.75 Å². The summed E-state index contributed by atoms with van der Waals surface area (Å²) in [7, 11) is 0. The average Bonchev–Trinajstić information content (AvgIpc) is 2.18. The van der Waals surface area contributed by atoms with Crippen LogP contribution in [0.25, 0.3) is 0 Å². The van der Waals surface area contributed by atoms with E-state index in [1.54, 1.807) is 30.5 Å². The highest BCUT2D eigenvalue weighted by Gasteiger charge is 2.12. The molecule has 14 heavy (non-hydrogen) atoms. The third-order valence-electron chi connectivity index (χ3n) is 1.64. The molecular formula is C9H11NO3S. The molecule has 0 radical (unpaired) electrons. The molecule has 5 heteroatoms. The molecule has 0 saturated heterocycles. The number of nitrogens with two attached hydrogens (primary N) is 1. The number of aliphatic hydroxyl groups excluding tert-OH is 1. The van der Waals surface area contributed by atoms with Crippen LogP contribution >= 0.6 is 12.0 Å². The number of carbonyl (C=O) groups is 1. The highest BCUT2D eigenvalue weighted by Crippen LogP contribution is 2.19. The fourth-order valence-electron chi connectivity index (χ4n) is 0.966. The van der Waals surface area contributed by atoms with Crippen LogP contribution in [0.3, 0.4) is 0 Å². The zero-order chi connectivity index (χ0) is 10.6. The molecule has 76 valence electrons. The van der Waals surface area contributed by atoms with Crippen molar-refractivity contribution in [2.75, 3.05) is 6.26 Å². The Morgan fingerprint density at radius 1 is 1.50 bits per heavy atom. The third-order valence-corrected chi connectivity index (χ3v) is 2.00. The SMILES string of the molecule is CSOc1ccc(C(O)C(N)=O)cc1. The minimum Gasteiger partial charge on any atom is -0.426 e. The molecule has 1 atom stereocenters. The van der Waals surface area contributed by atoms with E-state index in [9.17, 15) is 9.90 Å². The Balaban J connectivity index is 2.77. The maximum Gasteiger partial charge on any atom is 0.250 e. The fourth-order valence-corrected chi connectivity index (χ4v) is 1.27. The van der Waals surface area contributed by atoms with E-state index >= 15 is 0 Å². The van der Waals surface area contributed by atoms with E-state index in [0.29, 0.717) is 11.3 Å². The molecule has 0 heterocycles. The van der Waals surface area contributed by atoms with E-state index in [2.05, 4.69) is 0 Å². The molecular weight excluding hydrogens is 202 g/mol. The third kappa shape index (κ3) is 2.65. The van der Waals surface area contributed by atoms with Gasteiger partial charge in [-0.3, -0.25) is 4.79 Å². The van der Waals surface area contributed by atoms with Crippen molar-refractivity contribution >= 4 is 17.9 Å². The van der Waals surface area contributed by atoms with Crippen LogP contribution in [-0.2, 0) is 4.79 Å². The van der Waals surface area contributed by atoms with E-state index in [4.69, 9.17) is 9.92 Å². The lowest BCUT2D eigenvalue weighted by Gasteiger charge is -2.07. The van der Waals surface area contributed by atoms with Crippen LogP contribution in [-0.4, -0.2) is 17.3 Å². The van der Waals surface area contributed by atoms with E-state index in [1.165, 1.54) is 12.0 Å². The molecule has 1 aromatic carbocycles. The van der Waals surface area contributed by atoms with Crippen molar-refractivity contribution in [2.45, 2.75) is 6.10 Å². The van der Waals surface area contributed by atoms with Crippen molar-refractivity contribution in [3.8, 4) is 5.75 Å². The van der Waals surface area contributed by atoms with Crippen LogP contribution in [0.5, 0.6) is 5.75 Å². The van der Waals surface area contributed by atoms with E-state index < -0.39 is 12.0 Å². The molecule has 0 aromatic heterocycles. The molecule has 0 saturated carbocycles. The Kier molecular flexibility index (Phi) is 3.79. The van der Waals surface area contributed by atoms with Crippen LogP contribution in [0.2, 0.25) is 0 Å². The van der Waals surface area contributed by atoms with Gasteiger partial charge < -0.3 is 15.0 Å². The van der Waals surface area contributed by atoms with Crippen LogP contribution in [0, 0.1) is 0 Å².